The number of thiol groups is 1. The Kier molecular flexibility index (Phi) is 3.17. The first-order chi connectivity index (χ1) is 5.77. The highest BCUT2D eigenvalue weighted by Crippen LogP contribution is 2.20. The fourth-order valence-corrected chi connectivity index (χ4v) is 1.17. The van der Waals surface area contributed by atoms with Crippen LogP contribution in [0.3, 0.4) is 0 Å². The topological polar surface area (TPSA) is 26.3 Å². The SMILES string of the molecule is COc1ccc(S)c(CC=O)c1. The van der Waals surface area contributed by atoms with Crippen LogP contribution in [-0.4, -0.2) is 13.4 Å². The van der Waals surface area contributed by atoms with E-state index in [4.69, 9.17) is 4.74 Å². The van der Waals surface area contributed by atoms with Crippen LogP contribution in [0.25, 0.3) is 0 Å². The molecule has 0 aliphatic carbocycles. The third-order valence-electron chi connectivity index (χ3n) is 1.59. The molecule has 3 heteroatoms. The van der Waals surface area contributed by atoms with Gasteiger partial charge in [-0.3, -0.25) is 0 Å². The van der Waals surface area contributed by atoms with Gasteiger partial charge >= 0.3 is 0 Å². The number of hydrogen-bond acceptors (Lipinski definition) is 3. The molecule has 1 aromatic carbocycles. The normalized spacial score (nSPS) is 9.50. The summed E-state index contributed by atoms with van der Waals surface area (Å²) in [5.74, 6) is 0.754. The van der Waals surface area contributed by atoms with Gasteiger partial charge in [-0.05, 0) is 23.8 Å². The van der Waals surface area contributed by atoms with Gasteiger partial charge in [0.1, 0.15) is 12.0 Å². The molecule has 0 heterocycles. The number of ether oxygens (including phenoxy) is 1. The van der Waals surface area contributed by atoms with Crippen molar-refractivity contribution in [3.63, 3.8) is 0 Å². The average Bonchev–Trinajstić information content (AvgIpc) is 2.09. The van der Waals surface area contributed by atoms with Crippen LogP contribution in [-0.2, 0) is 11.2 Å². The predicted molar refractivity (Wildman–Crippen MR) is 50.0 cm³/mol. The van der Waals surface area contributed by atoms with Crippen LogP contribution in [0.2, 0.25) is 0 Å². The highest BCUT2D eigenvalue weighted by atomic mass is 32.1. The molecule has 0 radical (unpaired) electrons. The second-order valence-corrected chi connectivity index (χ2v) is 2.85. The molecule has 0 N–H and O–H groups in total. The Labute approximate surface area is 77.0 Å². The van der Waals surface area contributed by atoms with Gasteiger partial charge in [0.25, 0.3) is 0 Å². The van der Waals surface area contributed by atoms with E-state index >= 15 is 0 Å². The number of methoxy groups -OCH3 is 1. The van der Waals surface area contributed by atoms with Crippen molar-refractivity contribution < 1.29 is 9.53 Å². The van der Waals surface area contributed by atoms with E-state index in [1.807, 2.05) is 18.2 Å². The van der Waals surface area contributed by atoms with E-state index in [0.717, 1.165) is 22.5 Å². The van der Waals surface area contributed by atoms with Crippen molar-refractivity contribution >= 4 is 18.9 Å². The molecule has 0 saturated heterocycles. The van der Waals surface area contributed by atoms with E-state index in [0.29, 0.717) is 6.42 Å². The third-order valence-corrected chi connectivity index (χ3v) is 2.03. The number of benzene rings is 1. The second kappa shape index (κ2) is 4.16. The molecule has 0 atom stereocenters. The molecule has 0 amide bonds. The molecule has 0 bridgehead atoms. The first-order valence-corrected chi connectivity index (χ1v) is 4.02. The van der Waals surface area contributed by atoms with E-state index in [1.165, 1.54) is 0 Å². The molecule has 12 heavy (non-hydrogen) atoms. The summed E-state index contributed by atoms with van der Waals surface area (Å²) in [6, 6.07) is 5.45. The van der Waals surface area contributed by atoms with Crippen LogP contribution in [0, 0.1) is 0 Å². The Morgan fingerprint density at radius 1 is 1.58 bits per heavy atom. The van der Waals surface area contributed by atoms with Gasteiger partial charge in [-0.2, -0.15) is 0 Å². The van der Waals surface area contributed by atoms with Gasteiger partial charge in [0, 0.05) is 11.3 Å². The van der Waals surface area contributed by atoms with Crippen LogP contribution >= 0.6 is 12.6 Å². The first-order valence-electron chi connectivity index (χ1n) is 3.57. The van der Waals surface area contributed by atoms with Crippen LogP contribution in [0.15, 0.2) is 23.1 Å². The largest absolute Gasteiger partial charge is 0.497 e. The van der Waals surface area contributed by atoms with Crippen LogP contribution in [0.1, 0.15) is 5.56 Å². The molecule has 1 rings (SSSR count). The van der Waals surface area contributed by atoms with Gasteiger partial charge in [0.05, 0.1) is 7.11 Å². The van der Waals surface area contributed by atoms with Gasteiger partial charge in [0.2, 0.25) is 0 Å². The fourth-order valence-electron chi connectivity index (χ4n) is 0.942. The molecular weight excluding hydrogens is 172 g/mol. The lowest BCUT2D eigenvalue weighted by Crippen LogP contribution is -1.90. The van der Waals surface area contributed by atoms with Gasteiger partial charge in [-0.1, -0.05) is 0 Å². The maximum absolute atomic E-state index is 10.3. The summed E-state index contributed by atoms with van der Waals surface area (Å²) in [7, 11) is 1.60. The zero-order chi connectivity index (χ0) is 8.97. The fraction of sp³-hybridized carbons (Fsp3) is 0.222. The molecule has 1 aromatic rings. The van der Waals surface area contributed by atoms with E-state index in [2.05, 4.69) is 12.6 Å². The highest BCUT2D eigenvalue weighted by Gasteiger charge is 1.99. The van der Waals surface area contributed by atoms with E-state index in [-0.39, 0.29) is 0 Å². The Balaban J connectivity index is 2.99. The number of carbonyl (C=O) groups excluding carboxylic acids is 1. The third kappa shape index (κ3) is 2.01. The zero-order valence-electron chi connectivity index (χ0n) is 6.78. The molecule has 0 spiro atoms. The molecule has 2 nitrogen and oxygen atoms in total. The summed E-state index contributed by atoms with van der Waals surface area (Å²) >= 11 is 4.20. The Morgan fingerprint density at radius 3 is 2.92 bits per heavy atom. The Hall–Kier alpha value is -0.960. The number of carbonyl (C=O) groups is 1. The lowest BCUT2D eigenvalue weighted by atomic mass is 10.1. The van der Waals surface area contributed by atoms with Crippen LogP contribution in [0.5, 0.6) is 5.75 Å². The average molecular weight is 182 g/mol. The Bertz CT molecular complexity index is 284. The molecule has 0 aliphatic rings. The summed E-state index contributed by atoms with van der Waals surface area (Å²) in [5, 5.41) is 0. The van der Waals surface area contributed by atoms with Crippen molar-refractivity contribution in [3.05, 3.63) is 23.8 Å². The minimum Gasteiger partial charge on any atom is -0.497 e. The van der Waals surface area contributed by atoms with Gasteiger partial charge < -0.3 is 9.53 Å². The standard InChI is InChI=1S/C9H10O2S/c1-11-8-2-3-9(12)7(6-8)4-5-10/h2-3,5-6,12H,4H2,1H3. The van der Waals surface area contributed by atoms with Gasteiger partial charge in [-0.15, -0.1) is 12.6 Å². The van der Waals surface area contributed by atoms with Crippen molar-refractivity contribution in [1.82, 2.24) is 0 Å². The number of aldehydes is 1. The second-order valence-electron chi connectivity index (χ2n) is 2.37. The molecule has 0 fully saturated rings. The van der Waals surface area contributed by atoms with Gasteiger partial charge in [0.15, 0.2) is 0 Å². The summed E-state index contributed by atoms with van der Waals surface area (Å²) in [6.07, 6.45) is 1.24. The summed E-state index contributed by atoms with van der Waals surface area (Å²) < 4.78 is 5.01. The maximum atomic E-state index is 10.3. The van der Waals surface area contributed by atoms with E-state index in [1.54, 1.807) is 7.11 Å². The van der Waals surface area contributed by atoms with Crippen molar-refractivity contribution in [1.29, 1.82) is 0 Å². The minimum atomic E-state index is 0.385. The molecule has 0 aromatic heterocycles. The summed E-state index contributed by atoms with van der Waals surface area (Å²) in [5.41, 5.74) is 0.896. The van der Waals surface area contributed by atoms with Crippen molar-refractivity contribution in [2.45, 2.75) is 11.3 Å². The maximum Gasteiger partial charge on any atom is 0.124 e. The van der Waals surface area contributed by atoms with E-state index in [9.17, 15) is 4.79 Å². The van der Waals surface area contributed by atoms with Gasteiger partial charge in [-0.25, -0.2) is 0 Å². The number of rotatable bonds is 3. The Morgan fingerprint density at radius 2 is 2.33 bits per heavy atom. The van der Waals surface area contributed by atoms with Crippen LogP contribution in [0.4, 0.5) is 0 Å². The summed E-state index contributed by atoms with van der Waals surface area (Å²) in [6.45, 7) is 0. The monoisotopic (exact) mass is 182 g/mol. The molecule has 64 valence electrons. The van der Waals surface area contributed by atoms with Crippen molar-refractivity contribution in [3.8, 4) is 5.75 Å². The quantitative estimate of drug-likeness (QED) is 0.569. The number of hydrogen-bond donors (Lipinski definition) is 1. The first kappa shape index (κ1) is 9.13. The smallest absolute Gasteiger partial charge is 0.124 e. The lowest BCUT2D eigenvalue weighted by molar-refractivity contribution is -0.107. The van der Waals surface area contributed by atoms with E-state index < -0.39 is 0 Å². The molecule has 0 saturated carbocycles. The van der Waals surface area contributed by atoms with Crippen molar-refractivity contribution in [2.75, 3.05) is 7.11 Å². The molecule has 0 unspecified atom stereocenters. The molecular formula is C9H10O2S. The minimum absolute atomic E-state index is 0.385. The predicted octanol–water partition coefficient (Wildman–Crippen LogP) is 1.73. The summed E-state index contributed by atoms with van der Waals surface area (Å²) in [4.78, 5) is 11.1. The lowest BCUT2D eigenvalue weighted by Gasteiger charge is -2.03. The van der Waals surface area contributed by atoms with Crippen molar-refractivity contribution in [2.24, 2.45) is 0 Å². The van der Waals surface area contributed by atoms with Crippen LogP contribution < -0.4 is 4.74 Å². The highest BCUT2D eigenvalue weighted by molar-refractivity contribution is 7.80. The zero-order valence-corrected chi connectivity index (χ0v) is 7.67. The molecule has 0 aliphatic heterocycles.